The summed E-state index contributed by atoms with van der Waals surface area (Å²) in [5, 5.41) is 14.9. The average molecular weight is 268 g/mol. The molecule has 0 saturated heterocycles. The molecule has 19 heavy (non-hydrogen) atoms. The number of hydrogen-bond acceptors (Lipinski definition) is 4. The molecule has 0 unspecified atom stereocenters. The molecule has 2 amide bonds. The number of carboxylic acids is 1. The van der Waals surface area contributed by atoms with Gasteiger partial charge in [-0.3, -0.25) is 19.1 Å². The smallest absolute Gasteiger partial charge is 0.303 e. The zero-order valence-electron chi connectivity index (χ0n) is 10.5. The normalized spacial score (nSPS) is 10.2. The van der Waals surface area contributed by atoms with Crippen molar-refractivity contribution in [3.8, 4) is 0 Å². The number of anilines is 1. The van der Waals surface area contributed by atoms with Gasteiger partial charge in [-0.25, -0.2) is 0 Å². The molecule has 1 heterocycles. The van der Waals surface area contributed by atoms with E-state index in [0.29, 0.717) is 6.54 Å². The van der Waals surface area contributed by atoms with Crippen LogP contribution in [0.25, 0.3) is 0 Å². The Labute approximate surface area is 109 Å². The van der Waals surface area contributed by atoms with Crippen LogP contribution in [-0.2, 0) is 16.1 Å². The van der Waals surface area contributed by atoms with Gasteiger partial charge in [0.25, 0.3) is 5.91 Å². The maximum atomic E-state index is 11.6. The number of aliphatic carboxylic acids is 1. The number of carbonyl (C=O) groups is 3. The number of primary amides is 1. The van der Waals surface area contributed by atoms with Crippen LogP contribution in [-0.4, -0.2) is 32.7 Å². The molecule has 4 N–H and O–H groups in total. The quantitative estimate of drug-likeness (QED) is 0.650. The predicted octanol–water partition coefficient (Wildman–Crippen LogP) is 0.195. The van der Waals surface area contributed by atoms with Crippen LogP contribution in [0.1, 0.15) is 36.7 Å². The first-order valence-corrected chi connectivity index (χ1v) is 5.83. The molecule has 0 saturated carbocycles. The van der Waals surface area contributed by atoms with E-state index >= 15 is 0 Å². The highest BCUT2D eigenvalue weighted by atomic mass is 16.4. The van der Waals surface area contributed by atoms with E-state index in [1.807, 2.05) is 6.92 Å². The summed E-state index contributed by atoms with van der Waals surface area (Å²) in [6.45, 7) is 2.37. The van der Waals surface area contributed by atoms with Crippen molar-refractivity contribution in [1.29, 1.82) is 0 Å². The number of carbonyl (C=O) groups excluding carboxylic acids is 2. The van der Waals surface area contributed by atoms with E-state index in [2.05, 4.69) is 10.4 Å². The second kappa shape index (κ2) is 6.53. The van der Waals surface area contributed by atoms with E-state index in [0.717, 1.165) is 0 Å². The molecule has 1 rings (SSSR count). The monoisotopic (exact) mass is 268 g/mol. The minimum atomic E-state index is -0.954. The molecule has 1 aromatic rings. The molecule has 0 spiro atoms. The topological polar surface area (TPSA) is 127 Å². The van der Waals surface area contributed by atoms with Crippen LogP contribution in [0.3, 0.4) is 0 Å². The van der Waals surface area contributed by atoms with Gasteiger partial charge in [-0.05, 0) is 13.3 Å². The molecule has 8 heteroatoms. The lowest BCUT2D eigenvalue weighted by molar-refractivity contribution is -0.137. The van der Waals surface area contributed by atoms with Crippen LogP contribution in [0.5, 0.6) is 0 Å². The fourth-order valence-corrected chi connectivity index (χ4v) is 1.47. The largest absolute Gasteiger partial charge is 0.481 e. The van der Waals surface area contributed by atoms with Crippen molar-refractivity contribution in [1.82, 2.24) is 9.78 Å². The Kier molecular flexibility index (Phi) is 5.04. The van der Waals surface area contributed by atoms with Gasteiger partial charge in [0.1, 0.15) is 0 Å². The molecule has 0 fully saturated rings. The number of rotatable bonds is 7. The Morgan fingerprint density at radius 3 is 2.63 bits per heavy atom. The van der Waals surface area contributed by atoms with Crippen molar-refractivity contribution in [3.05, 3.63) is 11.9 Å². The lowest BCUT2D eigenvalue weighted by atomic mass is 10.2. The fourth-order valence-electron chi connectivity index (χ4n) is 1.47. The first-order chi connectivity index (χ1) is 8.93. The molecule has 0 aliphatic carbocycles. The number of hydrogen-bond donors (Lipinski definition) is 3. The molecule has 0 aliphatic rings. The van der Waals surface area contributed by atoms with E-state index in [9.17, 15) is 14.4 Å². The number of nitrogens with one attached hydrogen (secondary N) is 1. The fraction of sp³-hybridized carbons (Fsp3) is 0.455. The SMILES string of the molecule is CCn1cc(NC(=O)CCCC(=O)O)c(C(N)=O)n1. The first kappa shape index (κ1) is 14.7. The Morgan fingerprint density at radius 2 is 2.11 bits per heavy atom. The van der Waals surface area contributed by atoms with Gasteiger partial charge in [-0.1, -0.05) is 0 Å². The summed E-state index contributed by atoms with van der Waals surface area (Å²) in [7, 11) is 0. The average Bonchev–Trinajstić information content (AvgIpc) is 2.71. The maximum absolute atomic E-state index is 11.6. The third kappa shape index (κ3) is 4.41. The van der Waals surface area contributed by atoms with Crippen molar-refractivity contribution < 1.29 is 19.5 Å². The second-order valence-corrected chi connectivity index (χ2v) is 3.91. The van der Waals surface area contributed by atoms with Crippen LogP contribution in [0, 0.1) is 0 Å². The van der Waals surface area contributed by atoms with Gasteiger partial charge in [-0.15, -0.1) is 0 Å². The van der Waals surface area contributed by atoms with E-state index in [4.69, 9.17) is 10.8 Å². The number of amides is 2. The standard InChI is InChI=1S/C11H16N4O4/c1-2-15-6-7(10(14-15)11(12)19)13-8(16)4-3-5-9(17)18/h6H,2-5H2,1H3,(H2,12,19)(H,13,16)(H,17,18). The minimum absolute atomic E-state index is 0.00608. The van der Waals surface area contributed by atoms with Crippen molar-refractivity contribution in [2.45, 2.75) is 32.7 Å². The molecule has 8 nitrogen and oxygen atoms in total. The Balaban J connectivity index is 2.65. The summed E-state index contributed by atoms with van der Waals surface area (Å²) in [6, 6.07) is 0. The van der Waals surface area contributed by atoms with Crippen LogP contribution in [0.2, 0.25) is 0 Å². The summed E-state index contributed by atoms with van der Waals surface area (Å²) in [5.41, 5.74) is 5.39. The van der Waals surface area contributed by atoms with Crippen LogP contribution < -0.4 is 11.1 Å². The third-order valence-corrected chi connectivity index (χ3v) is 2.39. The van der Waals surface area contributed by atoms with Gasteiger partial charge in [0.05, 0.1) is 5.69 Å². The van der Waals surface area contributed by atoms with Gasteiger partial charge in [-0.2, -0.15) is 5.10 Å². The predicted molar refractivity (Wildman–Crippen MR) is 66.5 cm³/mol. The van der Waals surface area contributed by atoms with Gasteiger partial charge < -0.3 is 16.2 Å². The van der Waals surface area contributed by atoms with E-state index in [1.54, 1.807) is 0 Å². The lowest BCUT2D eigenvalue weighted by Crippen LogP contribution is -2.17. The Morgan fingerprint density at radius 1 is 1.42 bits per heavy atom. The first-order valence-electron chi connectivity index (χ1n) is 5.83. The van der Waals surface area contributed by atoms with E-state index in [1.165, 1.54) is 10.9 Å². The van der Waals surface area contributed by atoms with Gasteiger partial charge in [0, 0.05) is 25.6 Å². The molecule has 0 atom stereocenters. The number of carboxylic acid groups (broad SMARTS) is 1. The number of aryl methyl sites for hydroxylation is 1. The van der Waals surface area contributed by atoms with Crippen LogP contribution in [0.4, 0.5) is 5.69 Å². The highest BCUT2D eigenvalue weighted by molar-refractivity contribution is 6.01. The summed E-state index contributed by atoms with van der Waals surface area (Å²) in [4.78, 5) is 33.0. The summed E-state index contributed by atoms with van der Waals surface area (Å²) in [5.74, 6) is -2.06. The molecule has 104 valence electrons. The number of nitrogens with zero attached hydrogens (tertiary/aromatic N) is 2. The summed E-state index contributed by atoms with van der Waals surface area (Å²) >= 11 is 0. The molecule has 0 aromatic carbocycles. The van der Waals surface area contributed by atoms with Crippen molar-refractivity contribution >= 4 is 23.5 Å². The Bertz CT molecular complexity index is 495. The summed E-state index contributed by atoms with van der Waals surface area (Å²) in [6.07, 6.45) is 1.72. The van der Waals surface area contributed by atoms with Gasteiger partial charge >= 0.3 is 5.97 Å². The van der Waals surface area contributed by atoms with Crippen molar-refractivity contribution in [3.63, 3.8) is 0 Å². The molecule has 0 radical (unpaired) electrons. The highest BCUT2D eigenvalue weighted by Gasteiger charge is 2.15. The summed E-state index contributed by atoms with van der Waals surface area (Å²) < 4.78 is 1.48. The molecular weight excluding hydrogens is 252 g/mol. The van der Waals surface area contributed by atoms with Gasteiger partial charge in [0.2, 0.25) is 5.91 Å². The zero-order valence-corrected chi connectivity index (χ0v) is 10.5. The van der Waals surface area contributed by atoms with Crippen LogP contribution in [0.15, 0.2) is 6.20 Å². The minimum Gasteiger partial charge on any atom is -0.481 e. The van der Waals surface area contributed by atoms with E-state index in [-0.39, 0.29) is 36.6 Å². The second-order valence-electron chi connectivity index (χ2n) is 3.91. The molecule has 0 bridgehead atoms. The van der Waals surface area contributed by atoms with Crippen molar-refractivity contribution in [2.24, 2.45) is 5.73 Å². The zero-order chi connectivity index (χ0) is 14.4. The molecule has 1 aromatic heterocycles. The van der Waals surface area contributed by atoms with Gasteiger partial charge in [0.15, 0.2) is 5.69 Å². The van der Waals surface area contributed by atoms with E-state index < -0.39 is 11.9 Å². The lowest BCUT2D eigenvalue weighted by Gasteiger charge is -2.02. The van der Waals surface area contributed by atoms with Crippen LogP contribution >= 0.6 is 0 Å². The number of aromatic nitrogens is 2. The molecule has 0 aliphatic heterocycles. The highest BCUT2D eigenvalue weighted by Crippen LogP contribution is 2.14. The number of nitrogens with two attached hydrogens (primary N) is 1. The van der Waals surface area contributed by atoms with Crippen molar-refractivity contribution in [2.75, 3.05) is 5.32 Å². The maximum Gasteiger partial charge on any atom is 0.303 e. The molecular formula is C11H16N4O4. The third-order valence-electron chi connectivity index (χ3n) is 2.39. The Hall–Kier alpha value is -2.38.